The molecule has 3 N–H and O–H groups in total. The van der Waals surface area contributed by atoms with Crippen molar-refractivity contribution in [2.75, 3.05) is 19.6 Å². The smallest absolute Gasteiger partial charge is 0.323 e. The maximum Gasteiger partial charge on any atom is 0.323 e. The lowest BCUT2D eigenvalue weighted by molar-refractivity contribution is -0.144. The van der Waals surface area contributed by atoms with Crippen LogP contribution in [-0.4, -0.2) is 66.9 Å². The predicted octanol–water partition coefficient (Wildman–Crippen LogP) is 1.56. The molecule has 0 fully saturated rings. The summed E-state index contributed by atoms with van der Waals surface area (Å²) in [5.41, 5.74) is 0.652. The Labute approximate surface area is 207 Å². The Bertz CT molecular complexity index is 1430. The zero-order valence-corrected chi connectivity index (χ0v) is 19.9. The molecule has 186 valence electrons. The zero-order valence-electron chi connectivity index (χ0n) is 19.1. The highest BCUT2D eigenvalue weighted by atomic mass is 32.2. The van der Waals surface area contributed by atoms with Crippen LogP contribution in [-0.2, 0) is 19.6 Å². The topological polar surface area (TPSA) is 146 Å². The molecule has 11 heteroatoms. The zero-order chi connectivity index (χ0) is 25.7. The van der Waals surface area contributed by atoms with Crippen molar-refractivity contribution in [1.29, 1.82) is 0 Å². The second-order valence-electron chi connectivity index (χ2n) is 8.23. The van der Waals surface area contributed by atoms with E-state index in [1.165, 1.54) is 18.3 Å². The van der Waals surface area contributed by atoms with Crippen LogP contribution in [0.4, 0.5) is 0 Å². The number of carboxylic acid groups (broad SMARTS) is 1. The van der Waals surface area contributed by atoms with Crippen molar-refractivity contribution in [3.05, 3.63) is 84.2 Å². The van der Waals surface area contributed by atoms with Crippen molar-refractivity contribution in [2.24, 2.45) is 0 Å². The molecule has 36 heavy (non-hydrogen) atoms. The van der Waals surface area contributed by atoms with Crippen LogP contribution in [0.3, 0.4) is 0 Å². The Morgan fingerprint density at radius 1 is 1.06 bits per heavy atom. The van der Waals surface area contributed by atoms with E-state index in [4.69, 9.17) is 0 Å². The third-order valence-electron chi connectivity index (χ3n) is 5.71. The van der Waals surface area contributed by atoms with Gasteiger partial charge in [0, 0.05) is 24.7 Å². The van der Waals surface area contributed by atoms with Crippen LogP contribution >= 0.6 is 0 Å². The number of fused-ring (bicyclic) bond motifs is 1. The Balaban J connectivity index is 1.54. The molecule has 4 rings (SSSR count). The van der Waals surface area contributed by atoms with Gasteiger partial charge in [-0.1, -0.05) is 48.5 Å². The number of hydrogen-bond donors (Lipinski definition) is 3. The van der Waals surface area contributed by atoms with Gasteiger partial charge in [-0.2, -0.15) is 0 Å². The van der Waals surface area contributed by atoms with Crippen LogP contribution in [0.25, 0.3) is 10.8 Å². The lowest BCUT2D eigenvalue weighted by atomic mass is 10.1. The molecule has 3 aromatic rings. The molecule has 0 radical (unpaired) electrons. The van der Waals surface area contributed by atoms with Crippen LogP contribution in [0.5, 0.6) is 0 Å². The molecule has 0 bridgehead atoms. The molecule has 1 aromatic heterocycles. The van der Waals surface area contributed by atoms with Gasteiger partial charge in [0.05, 0.1) is 4.90 Å². The second kappa shape index (κ2) is 10.7. The molecule has 1 unspecified atom stereocenters. The maximum atomic E-state index is 13.1. The van der Waals surface area contributed by atoms with E-state index in [1.807, 2.05) is 12.1 Å². The average molecular weight is 509 g/mol. The van der Waals surface area contributed by atoms with E-state index in [0.29, 0.717) is 11.0 Å². The number of nitrogens with one attached hydrogen (secondary N) is 2. The summed E-state index contributed by atoms with van der Waals surface area (Å²) < 4.78 is 27.6. The van der Waals surface area contributed by atoms with Crippen molar-refractivity contribution in [3.63, 3.8) is 0 Å². The van der Waals surface area contributed by atoms with E-state index < -0.39 is 40.4 Å². The molecular formula is C25H24N4O6S. The van der Waals surface area contributed by atoms with Crippen molar-refractivity contribution in [3.8, 4) is 0 Å². The van der Waals surface area contributed by atoms with Crippen molar-refractivity contribution in [1.82, 2.24) is 19.9 Å². The van der Waals surface area contributed by atoms with Gasteiger partial charge >= 0.3 is 5.97 Å². The Hall–Kier alpha value is -4.09. The normalized spacial score (nSPS) is 16.3. The summed E-state index contributed by atoms with van der Waals surface area (Å²) in [6, 6.07) is 15.7. The van der Waals surface area contributed by atoms with Crippen molar-refractivity contribution >= 4 is 38.6 Å². The maximum absolute atomic E-state index is 13.1. The molecule has 0 saturated carbocycles. The van der Waals surface area contributed by atoms with Crippen molar-refractivity contribution in [2.45, 2.75) is 17.4 Å². The fourth-order valence-electron chi connectivity index (χ4n) is 3.94. The van der Waals surface area contributed by atoms with Crippen LogP contribution < -0.4 is 10.0 Å². The van der Waals surface area contributed by atoms with Crippen LogP contribution in [0, 0.1) is 0 Å². The molecule has 2 amide bonds. The SMILES string of the molecule is O=C(O)CN1CC(CNS(=O)(=O)c2ccccc2)=CCC(NC(=O)c2nccc3ccccc23)C1=O. The summed E-state index contributed by atoms with van der Waals surface area (Å²) >= 11 is 0. The van der Waals surface area contributed by atoms with Gasteiger partial charge in [0.15, 0.2) is 0 Å². The number of sulfonamides is 1. The molecule has 0 spiro atoms. The Morgan fingerprint density at radius 3 is 2.53 bits per heavy atom. The molecule has 0 aliphatic carbocycles. The summed E-state index contributed by atoms with van der Waals surface area (Å²) in [5, 5.41) is 13.4. The van der Waals surface area contributed by atoms with Crippen LogP contribution in [0.2, 0.25) is 0 Å². The van der Waals surface area contributed by atoms with Gasteiger partial charge in [-0.3, -0.25) is 19.4 Å². The number of nitrogens with zero attached hydrogens (tertiary/aromatic N) is 2. The highest BCUT2D eigenvalue weighted by molar-refractivity contribution is 7.89. The number of benzene rings is 2. The third kappa shape index (κ3) is 5.75. The minimum absolute atomic E-state index is 0.0633. The number of hydrogen-bond acceptors (Lipinski definition) is 6. The molecule has 2 heterocycles. The summed E-state index contributed by atoms with van der Waals surface area (Å²) in [5.74, 6) is -2.37. The van der Waals surface area contributed by atoms with Gasteiger partial charge in [-0.15, -0.1) is 0 Å². The van der Waals surface area contributed by atoms with Crippen LogP contribution in [0.15, 0.2) is 83.4 Å². The largest absolute Gasteiger partial charge is 0.480 e. The first-order chi connectivity index (χ1) is 17.2. The van der Waals surface area contributed by atoms with Gasteiger partial charge in [-0.05, 0) is 35.6 Å². The molecule has 1 aliphatic heterocycles. The number of pyridine rings is 1. The minimum atomic E-state index is -3.80. The summed E-state index contributed by atoms with van der Waals surface area (Å²) in [4.78, 5) is 42.9. The average Bonchev–Trinajstić information content (AvgIpc) is 3.01. The third-order valence-corrected chi connectivity index (χ3v) is 7.13. The quantitative estimate of drug-likeness (QED) is 0.391. The molecule has 1 aliphatic rings. The van der Waals surface area contributed by atoms with E-state index in [9.17, 15) is 27.9 Å². The number of carboxylic acids is 1. The lowest BCUT2D eigenvalue weighted by Gasteiger charge is -2.24. The fraction of sp³-hybridized carbons (Fsp3) is 0.200. The van der Waals surface area contributed by atoms with Gasteiger partial charge in [0.1, 0.15) is 18.3 Å². The van der Waals surface area contributed by atoms with Gasteiger partial charge in [0.2, 0.25) is 15.9 Å². The molecule has 1 atom stereocenters. The van der Waals surface area contributed by atoms with Gasteiger partial charge < -0.3 is 15.3 Å². The highest BCUT2D eigenvalue weighted by Crippen LogP contribution is 2.18. The highest BCUT2D eigenvalue weighted by Gasteiger charge is 2.31. The van der Waals surface area contributed by atoms with E-state index in [0.717, 1.165) is 10.3 Å². The molecular weight excluding hydrogens is 484 g/mol. The first-order valence-electron chi connectivity index (χ1n) is 11.1. The fourth-order valence-corrected chi connectivity index (χ4v) is 4.99. The summed E-state index contributed by atoms with van der Waals surface area (Å²) in [6.45, 7) is -0.812. The van der Waals surface area contributed by atoms with E-state index in [2.05, 4.69) is 15.0 Å². The van der Waals surface area contributed by atoms with Crippen molar-refractivity contribution < 1.29 is 27.9 Å². The molecule has 2 aromatic carbocycles. The first-order valence-corrected chi connectivity index (χ1v) is 12.6. The molecule has 10 nitrogen and oxygen atoms in total. The van der Waals surface area contributed by atoms with E-state index >= 15 is 0 Å². The van der Waals surface area contributed by atoms with Gasteiger partial charge in [-0.25, -0.2) is 13.1 Å². The predicted molar refractivity (Wildman–Crippen MR) is 132 cm³/mol. The monoisotopic (exact) mass is 508 g/mol. The number of amides is 2. The number of aromatic nitrogens is 1. The number of carbonyl (C=O) groups is 3. The van der Waals surface area contributed by atoms with Gasteiger partial charge in [0.25, 0.3) is 5.91 Å². The van der Waals surface area contributed by atoms with E-state index in [1.54, 1.807) is 42.5 Å². The molecule has 0 saturated heterocycles. The summed E-state index contributed by atoms with van der Waals surface area (Å²) in [7, 11) is -3.80. The second-order valence-corrected chi connectivity index (χ2v) is 10.00. The number of carbonyl (C=O) groups excluding carboxylic acids is 2. The standard InChI is InChI=1S/C25H24N4O6S/c30-22(31)16-29-15-17(14-27-36(34,35)19-7-2-1-3-8-19)10-11-21(25(29)33)28-24(32)23-20-9-5-4-6-18(20)12-13-26-23/h1-10,12-13,21,27H,11,14-16H2,(H,28,32)(H,30,31). The first kappa shape index (κ1) is 25.0. The number of rotatable bonds is 8. The Kier molecular flexibility index (Phi) is 7.41. The summed E-state index contributed by atoms with van der Waals surface area (Å²) in [6.07, 6.45) is 3.21. The van der Waals surface area contributed by atoms with Crippen LogP contribution in [0.1, 0.15) is 16.9 Å². The minimum Gasteiger partial charge on any atom is -0.480 e. The Morgan fingerprint density at radius 2 is 1.78 bits per heavy atom. The number of aliphatic carboxylic acids is 1. The lowest BCUT2D eigenvalue weighted by Crippen LogP contribution is -2.49. The van der Waals surface area contributed by atoms with E-state index in [-0.39, 0.29) is 30.1 Å².